The van der Waals surface area contributed by atoms with Crippen molar-refractivity contribution >= 4 is 45.7 Å². The molecule has 4 aliphatic rings. The molecule has 2 fully saturated rings. The molecule has 5 atom stereocenters. The van der Waals surface area contributed by atoms with Crippen molar-refractivity contribution in [2.45, 2.75) is 88.9 Å². The molecule has 2 saturated heterocycles. The number of unbranched alkanes of at least 4 members (excludes halogenated alkanes) is 3. The van der Waals surface area contributed by atoms with Crippen LogP contribution in [0, 0.1) is 17.7 Å². The van der Waals surface area contributed by atoms with Crippen LogP contribution in [-0.4, -0.2) is 150 Å². The molecule has 5 heterocycles. The number of aliphatic hydroxyl groups is 1. The number of amides is 3. The number of aryl methyl sites for hydroxylation is 1. The first kappa shape index (κ1) is 47.6. The predicted molar refractivity (Wildman–Crippen MR) is 234 cm³/mol. The Labute approximate surface area is 370 Å². The van der Waals surface area contributed by atoms with Gasteiger partial charge in [-0.05, 0) is 80.5 Å². The van der Waals surface area contributed by atoms with Crippen LogP contribution in [0.1, 0.15) is 71.3 Å². The van der Waals surface area contributed by atoms with Crippen molar-refractivity contribution in [1.29, 1.82) is 0 Å². The number of sulfonamides is 1. The van der Waals surface area contributed by atoms with Gasteiger partial charge in [-0.15, -0.1) is 0 Å². The molecule has 2 aromatic rings. The van der Waals surface area contributed by atoms with Crippen LogP contribution in [0.25, 0.3) is 6.08 Å². The predicted octanol–water partition coefficient (Wildman–Crippen LogP) is 4.37. The Hall–Kier alpha value is -4.91. The van der Waals surface area contributed by atoms with E-state index in [2.05, 4.69) is 10.00 Å². The second-order valence-corrected chi connectivity index (χ2v) is 19.1. The van der Waals surface area contributed by atoms with Crippen LogP contribution >= 0.6 is 0 Å². The van der Waals surface area contributed by atoms with Gasteiger partial charge in [0.25, 0.3) is 11.8 Å². The first-order valence-corrected chi connectivity index (χ1v) is 23.5. The summed E-state index contributed by atoms with van der Waals surface area (Å²) in [7, 11) is -2.06. The lowest BCUT2D eigenvalue weighted by molar-refractivity contribution is -0.151. The van der Waals surface area contributed by atoms with Crippen molar-refractivity contribution in [1.82, 2.24) is 28.8 Å². The average Bonchev–Trinajstić information content (AvgIpc) is 3.84. The topological polar surface area (TPSA) is 175 Å². The molecule has 1 aromatic heterocycles. The number of carbonyl (C=O) groups excluding carboxylic acids is 4. The number of hydrogen-bond acceptors (Lipinski definition) is 12. The monoisotopic (exact) mass is 895 g/mol. The number of ether oxygens (including phenoxy) is 2. The summed E-state index contributed by atoms with van der Waals surface area (Å²) in [4.78, 5) is 57.5. The standard InChI is InChI=1S/C45H62FN7O9S/c1-32-9-11-38(54)29-43(57)62-44(34(3)25-35-26-36(46)28-37(27-35)50-21-23-52(24-22-50)63(59,60)39-30-47-48(4)31-39)33(2)10-12-40(32)61-45(58)51-19-17-49(18-20-51)15-7-5-6-8-16-53-41(55)13-14-42(53)56/h10,12-14,25-28,30-33,38,40,44,54H,5-9,11,15-24,29H2,1-4H3/b12-10?,34-25+. The third-order valence-electron chi connectivity index (χ3n) is 12.3. The molecule has 3 amide bonds. The number of cyclic esters (lactones) is 1. The van der Waals surface area contributed by atoms with Crippen molar-refractivity contribution < 1.29 is 46.6 Å². The summed E-state index contributed by atoms with van der Waals surface area (Å²) in [6.45, 7) is 10.6. The van der Waals surface area contributed by atoms with Crippen LogP contribution < -0.4 is 4.90 Å². The van der Waals surface area contributed by atoms with Crippen LogP contribution in [0.3, 0.4) is 0 Å². The number of imide groups is 1. The van der Waals surface area contributed by atoms with Gasteiger partial charge in [0.05, 0.1) is 18.7 Å². The summed E-state index contributed by atoms with van der Waals surface area (Å²) >= 11 is 0. The normalized spacial score (nSPS) is 25.0. The summed E-state index contributed by atoms with van der Waals surface area (Å²) in [6.07, 6.45) is 12.4. The Bertz CT molecular complexity index is 2130. The van der Waals surface area contributed by atoms with E-state index in [0.717, 1.165) is 45.3 Å². The first-order valence-electron chi connectivity index (χ1n) is 22.1. The molecule has 0 saturated carbocycles. The number of aromatic nitrogens is 2. The lowest BCUT2D eigenvalue weighted by Crippen LogP contribution is -2.49. The number of esters is 1. The van der Waals surface area contributed by atoms with E-state index >= 15 is 4.39 Å². The zero-order chi connectivity index (χ0) is 45.3. The van der Waals surface area contributed by atoms with Gasteiger partial charge >= 0.3 is 12.1 Å². The molecule has 18 heteroatoms. The molecule has 344 valence electrons. The summed E-state index contributed by atoms with van der Waals surface area (Å²) in [5.74, 6) is -2.05. The molecule has 5 unspecified atom stereocenters. The van der Waals surface area contributed by atoms with Gasteiger partial charge in [-0.25, -0.2) is 17.6 Å². The number of piperazine rings is 2. The number of halogens is 1. The SMILES string of the molecule is C/C(=C\c1cc(F)cc(N2CCN(S(=O)(=O)c3cnn(C)c3)CC2)c1)C1OC(=O)CC(O)CCC(C)C(OC(=O)N2CCN(CCCCCCN3C(=O)C=CC3=O)CC2)C=CC1C. The number of nitrogens with zero attached hydrogens (tertiary/aromatic N) is 7. The van der Waals surface area contributed by atoms with E-state index in [1.165, 1.54) is 50.6 Å². The second kappa shape index (κ2) is 21.6. The fourth-order valence-corrected chi connectivity index (χ4v) is 9.89. The van der Waals surface area contributed by atoms with Crippen molar-refractivity contribution in [2.75, 3.05) is 70.3 Å². The molecule has 1 aromatic carbocycles. The zero-order valence-electron chi connectivity index (χ0n) is 36.8. The third-order valence-corrected chi connectivity index (χ3v) is 14.2. The van der Waals surface area contributed by atoms with Gasteiger partial charge < -0.3 is 24.4 Å². The molecule has 0 aliphatic carbocycles. The van der Waals surface area contributed by atoms with Crippen LogP contribution in [0.2, 0.25) is 0 Å². The third kappa shape index (κ3) is 12.9. The maximum atomic E-state index is 15.2. The van der Waals surface area contributed by atoms with Gasteiger partial charge in [-0.3, -0.25) is 28.9 Å². The number of hydrogen-bond donors (Lipinski definition) is 1. The minimum Gasteiger partial charge on any atom is -0.457 e. The minimum absolute atomic E-state index is 0.124. The Balaban J connectivity index is 1.04. The first-order chi connectivity index (χ1) is 30.1. The minimum atomic E-state index is -3.71. The maximum Gasteiger partial charge on any atom is 0.410 e. The summed E-state index contributed by atoms with van der Waals surface area (Å²) in [5.41, 5.74) is 1.77. The molecule has 1 N–H and O–H groups in total. The van der Waals surface area contributed by atoms with E-state index in [4.69, 9.17) is 9.47 Å². The van der Waals surface area contributed by atoms with E-state index in [0.29, 0.717) is 62.4 Å². The van der Waals surface area contributed by atoms with Crippen LogP contribution in [0.15, 0.2) is 65.4 Å². The summed E-state index contributed by atoms with van der Waals surface area (Å²) in [6, 6.07) is 4.63. The summed E-state index contributed by atoms with van der Waals surface area (Å²) in [5, 5.41) is 14.8. The number of aliphatic hydroxyl groups excluding tert-OH is 1. The van der Waals surface area contributed by atoms with Gasteiger partial charge in [0.1, 0.15) is 22.9 Å². The van der Waals surface area contributed by atoms with E-state index < -0.39 is 46.2 Å². The lowest BCUT2D eigenvalue weighted by Gasteiger charge is -2.35. The smallest absolute Gasteiger partial charge is 0.410 e. The molecule has 0 bridgehead atoms. The highest BCUT2D eigenvalue weighted by Crippen LogP contribution is 2.28. The highest BCUT2D eigenvalue weighted by molar-refractivity contribution is 7.89. The number of carbonyl (C=O) groups is 4. The quantitative estimate of drug-likeness (QED) is 0.130. The van der Waals surface area contributed by atoms with Crippen molar-refractivity contribution in [3.05, 3.63) is 71.9 Å². The fourth-order valence-electron chi connectivity index (χ4n) is 8.48. The lowest BCUT2D eigenvalue weighted by atomic mass is 9.91. The molecular weight excluding hydrogens is 834 g/mol. The van der Waals surface area contributed by atoms with Gasteiger partial charge in [0.15, 0.2) is 0 Å². The number of rotatable bonds is 13. The fraction of sp³-hybridized carbons (Fsp3) is 0.578. The van der Waals surface area contributed by atoms with E-state index in [9.17, 15) is 32.7 Å². The van der Waals surface area contributed by atoms with Crippen LogP contribution in [-0.2, 0) is 40.9 Å². The largest absolute Gasteiger partial charge is 0.457 e. The van der Waals surface area contributed by atoms with Crippen molar-refractivity contribution in [3.63, 3.8) is 0 Å². The zero-order valence-corrected chi connectivity index (χ0v) is 37.6. The van der Waals surface area contributed by atoms with Gasteiger partial charge in [0, 0.05) is 95.9 Å². The molecule has 4 aliphatic heterocycles. The maximum absolute atomic E-state index is 15.2. The molecule has 16 nitrogen and oxygen atoms in total. The van der Waals surface area contributed by atoms with E-state index in [-0.39, 0.29) is 48.1 Å². The van der Waals surface area contributed by atoms with Crippen LogP contribution in [0.4, 0.5) is 14.9 Å². The van der Waals surface area contributed by atoms with Crippen molar-refractivity contribution in [3.8, 4) is 0 Å². The second-order valence-electron chi connectivity index (χ2n) is 17.2. The highest BCUT2D eigenvalue weighted by Gasteiger charge is 2.32. The molecule has 0 radical (unpaired) electrons. The van der Waals surface area contributed by atoms with Crippen molar-refractivity contribution in [2.24, 2.45) is 18.9 Å². The average molecular weight is 896 g/mol. The molecular formula is C45H62FN7O9S. The Morgan fingerprint density at radius 1 is 0.921 bits per heavy atom. The van der Waals surface area contributed by atoms with Gasteiger partial charge in [0.2, 0.25) is 10.0 Å². The Morgan fingerprint density at radius 2 is 1.60 bits per heavy atom. The molecule has 6 rings (SSSR count). The van der Waals surface area contributed by atoms with E-state index in [1.807, 2.05) is 37.0 Å². The molecule has 63 heavy (non-hydrogen) atoms. The summed E-state index contributed by atoms with van der Waals surface area (Å²) < 4.78 is 56.4. The molecule has 0 spiro atoms. The Kier molecular flexibility index (Phi) is 16.3. The number of benzene rings is 1. The van der Waals surface area contributed by atoms with Gasteiger partial charge in [-0.2, -0.15) is 9.40 Å². The highest BCUT2D eigenvalue weighted by atomic mass is 32.2. The van der Waals surface area contributed by atoms with Gasteiger partial charge in [-0.1, -0.05) is 38.8 Å². The Morgan fingerprint density at radius 3 is 2.27 bits per heavy atom. The van der Waals surface area contributed by atoms with Crippen LogP contribution in [0.5, 0.6) is 0 Å². The number of anilines is 1. The van der Waals surface area contributed by atoms with E-state index in [1.54, 1.807) is 24.9 Å².